The Morgan fingerprint density at radius 3 is 3.00 bits per heavy atom. The van der Waals surface area contributed by atoms with Crippen molar-refractivity contribution >= 4 is 34.0 Å². The number of hydrogen-bond acceptors (Lipinski definition) is 6. The highest BCUT2D eigenvalue weighted by Gasteiger charge is 2.23. The summed E-state index contributed by atoms with van der Waals surface area (Å²) < 4.78 is 1.95. The van der Waals surface area contributed by atoms with Gasteiger partial charge in [-0.15, -0.1) is 21.5 Å². The van der Waals surface area contributed by atoms with E-state index in [2.05, 4.69) is 27.6 Å². The van der Waals surface area contributed by atoms with E-state index in [0.717, 1.165) is 41.9 Å². The molecule has 1 aliphatic rings. The summed E-state index contributed by atoms with van der Waals surface area (Å²) in [7, 11) is 0. The minimum atomic E-state index is -0.141. The van der Waals surface area contributed by atoms with Crippen molar-refractivity contribution in [2.45, 2.75) is 38.3 Å². The predicted octanol–water partition coefficient (Wildman–Crippen LogP) is 4.04. The van der Waals surface area contributed by atoms with Crippen molar-refractivity contribution in [3.63, 3.8) is 0 Å². The first kappa shape index (κ1) is 18.7. The average molecular weight is 410 g/mol. The van der Waals surface area contributed by atoms with Crippen LogP contribution in [0.4, 0.5) is 5.00 Å². The number of carbonyl (C=O) groups is 1. The Morgan fingerprint density at radius 1 is 1.36 bits per heavy atom. The van der Waals surface area contributed by atoms with Gasteiger partial charge in [-0.3, -0.25) is 9.36 Å². The third kappa shape index (κ3) is 3.55. The molecule has 2 heterocycles. The average Bonchev–Trinajstić information content (AvgIpc) is 3.34. The number of anilines is 1. The summed E-state index contributed by atoms with van der Waals surface area (Å²) >= 11 is 2.87. The van der Waals surface area contributed by atoms with Gasteiger partial charge in [0.1, 0.15) is 16.9 Å². The van der Waals surface area contributed by atoms with Gasteiger partial charge in [0, 0.05) is 10.6 Å². The molecule has 0 fully saturated rings. The van der Waals surface area contributed by atoms with E-state index < -0.39 is 0 Å². The Labute approximate surface area is 171 Å². The second kappa shape index (κ2) is 7.78. The Balaban J connectivity index is 1.48. The number of nitriles is 1. The number of hydrogen-bond donors (Lipinski definition) is 1. The van der Waals surface area contributed by atoms with Crippen LogP contribution in [0.25, 0.3) is 5.69 Å². The maximum absolute atomic E-state index is 12.5. The highest BCUT2D eigenvalue weighted by molar-refractivity contribution is 7.99. The van der Waals surface area contributed by atoms with E-state index in [-0.39, 0.29) is 11.7 Å². The van der Waals surface area contributed by atoms with Crippen molar-refractivity contribution < 1.29 is 4.79 Å². The van der Waals surface area contributed by atoms with E-state index in [1.54, 1.807) is 0 Å². The molecule has 4 rings (SSSR count). The van der Waals surface area contributed by atoms with Gasteiger partial charge in [0.05, 0.1) is 11.3 Å². The van der Waals surface area contributed by atoms with Crippen molar-refractivity contribution in [2.24, 2.45) is 0 Å². The second-order valence-corrected chi connectivity index (χ2v) is 8.76. The van der Waals surface area contributed by atoms with Crippen LogP contribution in [0.15, 0.2) is 29.4 Å². The number of benzene rings is 1. The molecule has 0 spiro atoms. The summed E-state index contributed by atoms with van der Waals surface area (Å²) in [5.41, 5.74) is 3.88. The molecule has 0 atom stereocenters. The van der Waals surface area contributed by atoms with E-state index in [4.69, 9.17) is 0 Å². The summed E-state index contributed by atoms with van der Waals surface area (Å²) in [6.45, 7) is 3.93. The number of thioether (sulfide) groups is 1. The largest absolute Gasteiger partial charge is 0.316 e. The second-order valence-electron chi connectivity index (χ2n) is 6.71. The van der Waals surface area contributed by atoms with E-state index in [1.165, 1.54) is 28.0 Å². The standard InChI is InChI=1S/C20H19N5OS2/c1-12-5-3-6-14(9-12)25-13(2)23-24-20(25)27-11-18(26)22-19-16(10-21)15-7-4-8-17(15)28-19/h3,5-6,9H,4,7-8,11H2,1-2H3,(H,22,26). The minimum Gasteiger partial charge on any atom is -0.316 e. The van der Waals surface area contributed by atoms with E-state index in [0.29, 0.717) is 15.7 Å². The quantitative estimate of drug-likeness (QED) is 0.643. The number of aromatic nitrogens is 3. The molecule has 0 aliphatic heterocycles. The highest BCUT2D eigenvalue weighted by atomic mass is 32.2. The molecule has 2 aromatic heterocycles. The lowest BCUT2D eigenvalue weighted by Gasteiger charge is -2.09. The zero-order valence-corrected chi connectivity index (χ0v) is 17.3. The van der Waals surface area contributed by atoms with Gasteiger partial charge in [-0.25, -0.2) is 0 Å². The number of aryl methyl sites for hydroxylation is 3. The number of amides is 1. The van der Waals surface area contributed by atoms with Gasteiger partial charge in [-0.05, 0) is 56.4 Å². The third-order valence-electron chi connectivity index (χ3n) is 4.67. The molecule has 142 valence electrons. The molecule has 1 aliphatic carbocycles. The number of rotatable bonds is 5. The molecule has 8 heteroatoms. The van der Waals surface area contributed by atoms with Gasteiger partial charge < -0.3 is 5.32 Å². The van der Waals surface area contributed by atoms with Gasteiger partial charge in [0.15, 0.2) is 5.16 Å². The highest BCUT2D eigenvalue weighted by Crippen LogP contribution is 2.38. The van der Waals surface area contributed by atoms with Crippen molar-refractivity contribution in [1.29, 1.82) is 5.26 Å². The maximum atomic E-state index is 12.5. The van der Waals surface area contributed by atoms with Crippen molar-refractivity contribution in [3.8, 4) is 11.8 Å². The van der Waals surface area contributed by atoms with Crippen LogP contribution in [0.1, 0.15) is 33.8 Å². The van der Waals surface area contributed by atoms with E-state index in [9.17, 15) is 10.1 Å². The van der Waals surface area contributed by atoms with Crippen molar-refractivity contribution in [1.82, 2.24) is 14.8 Å². The van der Waals surface area contributed by atoms with E-state index >= 15 is 0 Å². The zero-order valence-electron chi connectivity index (χ0n) is 15.7. The molecule has 0 saturated carbocycles. The number of nitrogens with zero attached hydrogens (tertiary/aromatic N) is 4. The molecular formula is C20H19N5OS2. The van der Waals surface area contributed by atoms with Crippen LogP contribution in [0.2, 0.25) is 0 Å². The Bertz CT molecular complexity index is 1090. The van der Waals surface area contributed by atoms with Crippen LogP contribution in [-0.2, 0) is 17.6 Å². The molecule has 0 saturated heterocycles. The van der Waals surface area contributed by atoms with Crippen molar-refractivity contribution in [2.75, 3.05) is 11.1 Å². The summed E-state index contributed by atoms with van der Waals surface area (Å²) in [4.78, 5) is 13.7. The third-order valence-corrected chi connectivity index (χ3v) is 6.81. The van der Waals surface area contributed by atoms with Crippen LogP contribution in [0, 0.1) is 25.2 Å². The first-order valence-corrected chi connectivity index (χ1v) is 10.8. The van der Waals surface area contributed by atoms with Gasteiger partial charge in [0.25, 0.3) is 0 Å². The minimum absolute atomic E-state index is 0.141. The number of thiophene rings is 1. The molecule has 1 N–H and O–H groups in total. The molecule has 0 unspecified atom stereocenters. The lowest BCUT2D eigenvalue weighted by molar-refractivity contribution is -0.113. The van der Waals surface area contributed by atoms with Crippen LogP contribution >= 0.6 is 23.1 Å². The number of nitrogens with one attached hydrogen (secondary N) is 1. The van der Waals surface area contributed by atoms with Gasteiger partial charge in [0.2, 0.25) is 5.91 Å². The van der Waals surface area contributed by atoms with Crippen LogP contribution in [0.5, 0.6) is 0 Å². The first-order chi connectivity index (χ1) is 13.6. The SMILES string of the molecule is Cc1cccc(-n2c(C)nnc2SCC(=O)Nc2sc3c(c2C#N)CCC3)c1. The fourth-order valence-corrected chi connectivity index (χ4v) is 5.46. The predicted molar refractivity (Wildman–Crippen MR) is 111 cm³/mol. The van der Waals surface area contributed by atoms with Crippen molar-refractivity contribution in [3.05, 3.63) is 51.7 Å². The summed E-state index contributed by atoms with van der Waals surface area (Å²) in [6, 6.07) is 10.3. The van der Waals surface area contributed by atoms with Gasteiger partial charge in [-0.2, -0.15) is 5.26 Å². The summed E-state index contributed by atoms with van der Waals surface area (Å²) in [5, 5.41) is 22.1. The monoisotopic (exact) mass is 409 g/mol. The Hall–Kier alpha value is -2.63. The van der Waals surface area contributed by atoms with E-state index in [1.807, 2.05) is 36.6 Å². The fraction of sp³-hybridized carbons (Fsp3) is 0.300. The fourth-order valence-electron chi connectivity index (χ4n) is 3.40. The number of carbonyl (C=O) groups excluding carboxylic acids is 1. The molecule has 28 heavy (non-hydrogen) atoms. The molecule has 1 aromatic carbocycles. The normalized spacial score (nSPS) is 12.6. The first-order valence-electron chi connectivity index (χ1n) is 9.03. The molecule has 0 bridgehead atoms. The van der Waals surface area contributed by atoms with Gasteiger partial charge in [-0.1, -0.05) is 23.9 Å². The summed E-state index contributed by atoms with van der Waals surface area (Å²) in [5.74, 6) is 0.838. The lowest BCUT2D eigenvalue weighted by atomic mass is 10.1. The Morgan fingerprint density at radius 2 is 2.21 bits per heavy atom. The topological polar surface area (TPSA) is 83.6 Å². The van der Waals surface area contributed by atoms with Crippen LogP contribution in [-0.4, -0.2) is 26.4 Å². The molecule has 6 nitrogen and oxygen atoms in total. The van der Waals surface area contributed by atoms with Gasteiger partial charge >= 0.3 is 0 Å². The van der Waals surface area contributed by atoms with Crippen LogP contribution < -0.4 is 5.32 Å². The molecule has 3 aromatic rings. The smallest absolute Gasteiger partial charge is 0.235 e. The molecule has 0 radical (unpaired) electrons. The zero-order chi connectivity index (χ0) is 19.7. The Kier molecular flexibility index (Phi) is 5.20. The maximum Gasteiger partial charge on any atom is 0.235 e. The molecular weight excluding hydrogens is 390 g/mol. The van der Waals surface area contributed by atoms with Crippen LogP contribution in [0.3, 0.4) is 0 Å². The molecule has 1 amide bonds. The summed E-state index contributed by atoms with van der Waals surface area (Å²) in [6.07, 6.45) is 3.02. The lowest BCUT2D eigenvalue weighted by Crippen LogP contribution is -2.14. The number of fused-ring (bicyclic) bond motifs is 1.